The van der Waals surface area contributed by atoms with Crippen LogP contribution in [0.2, 0.25) is 0 Å². The van der Waals surface area contributed by atoms with E-state index in [0.717, 1.165) is 10.9 Å². The fraction of sp³-hybridized carbons (Fsp3) is 0. The van der Waals surface area contributed by atoms with E-state index in [2.05, 4.69) is 25.9 Å². The van der Waals surface area contributed by atoms with Gasteiger partial charge in [0, 0.05) is 20.6 Å². The molecule has 0 N–H and O–H groups in total. The molecule has 0 unspecified atom stereocenters. The monoisotopic (exact) mass is 269 g/mol. The summed E-state index contributed by atoms with van der Waals surface area (Å²) in [6.45, 7) is 0. The molecule has 5 heteroatoms. The van der Waals surface area contributed by atoms with Crippen molar-refractivity contribution in [1.82, 2.24) is 4.98 Å². The van der Waals surface area contributed by atoms with E-state index in [9.17, 15) is 9.32 Å². The highest BCUT2D eigenvalue weighted by atomic mass is 79.9. The summed E-state index contributed by atoms with van der Waals surface area (Å²) in [5, 5.41) is 0.736. The van der Waals surface area contributed by atoms with Gasteiger partial charge in [-0.25, -0.2) is 9.74 Å². The second-order valence-corrected chi connectivity index (χ2v) is 3.66. The maximum Gasteiger partial charge on any atom is 0.382 e. The van der Waals surface area contributed by atoms with Gasteiger partial charge in [0.25, 0.3) is 0 Å². The Hall–Kier alpha value is -1.49. The minimum Gasteiger partial charge on any atom is -0.255 e. The first kappa shape index (κ1) is 10.0. The van der Waals surface area contributed by atoms with Gasteiger partial charge in [0.05, 0.1) is 11.1 Å². The average Bonchev–Trinajstić information content (AvgIpc) is 2.29. The number of benzene rings is 1. The van der Waals surface area contributed by atoms with Gasteiger partial charge in [-0.05, 0) is 22.0 Å². The zero-order valence-corrected chi connectivity index (χ0v) is 8.99. The van der Waals surface area contributed by atoms with Crippen LogP contribution in [0.15, 0.2) is 34.9 Å². The molecule has 1 aromatic carbocycles. The van der Waals surface area contributed by atoms with Crippen LogP contribution >= 0.6 is 15.9 Å². The van der Waals surface area contributed by atoms with Crippen LogP contribution in [-0.4, -0.2) is 11.0 Å². The van der Waals surface area contributed by atoms with Crippen LogP contribution in [0, 0.1) is 0 Å². The van der Waals surface area contributed by atoms with Crippen LogP contribution in [-0.2, 0) is 4.94 Å². The first-order valence-electron chi connectivity index (χ1n) is 4.10. The molecule has 0 bridgehead atoms. The number of fused-ring (bicyclic) bond motifs is 1. The Morgan fingerprint density at radius 3 is 2.87 bits per heavy atom. The number of hydrogen-bond donors (Lipinski definition) is 0. The summed E-state index contributed by atoms with van der Waals surface area (Å²) in [5.74, 6) is -1.06. The van der Waals surface area contributed by atoms with Crippen molar-refractivity contribution in [3.63, 3.8) is 0 Å². The Balaban J connectivity index is 2.70. The highest BCUT2D eigenvalue weighted by Crippen LogP contribution is 2.26. The van der Waals surface area contributed by atoms with E-state index in [1.54, 1.807) is 18.2 Å². The molecule has 15 heavy (non-hydrogen) atoms. The Morgan fingerprint density at radius 1 is 1.40 bits per heavy atom. The number of aromatic nitrogens is 1. The fourth-order valence-electron chi connectivity index (χ4n) is 1.29. The van der Waals surface area contributed by atoms with E-state index in [4.69, 9.17) is 0 Å². The van der Waals surface area contributed by atoms with Gasteiger partial charge in [0.1, 0.15) is 0 Å². The minimum atomic E-state index is -1.06. The molecule has 1 aromatic heterocycles. The first-order chi connectivity index (χ1) is 7.24. The predicted molar refractivity (Wildman–Crippen MR) is 56.0 cm³/mol. The topological polar surface area (TPSA) is 39.2 Å². The number of halogens is 2. The van der Waals surface area contributed by atoms with Crippen LogP contribution < -0.4 is 0 Å². The van der Waals surface area contributed by atoms with Gasteiger partial charge >= 0.3 is 5.97 Å². The Bertz CT molecular complexity index is 530. The Labute approximate surface area is 92.9 Å². The van der Waals surface area contributed by atoms with Crippen molar-refractivity contribution >= 4 is 32.8 Å². The van der Waals surface area contributed by atoms with Gasteiger partial charge in [-0.3, -0.25) is 4.98 Å². The number of rotatable bonds is 1. The molecule has 0 aliphatic rings. The lowest BCUT2D eigenvalue weighted by atomic mass is 10.1. The van der Waals surface area contributed by atoms with Gasteiger partial charge in [-0.1, -0.05) is 18.2 Å². The Morgan fingerprint density at radius 2 is 2.13 bits per heavy atom. The molecule has 0 fully saturated rings. The second kappa shape index (κ2) is 3.94. The lowest BCUT2D eigenvalue weighted by Crippen LogP contribution is -2.01. The molecule has 0 atom stereocenters. The van der Waals surface area contributed by atoms with E-state index in [0.29, 0.717) is 4.47 Å². The van der Waals surface area contributed by atoms with Crippen LogP contribution in [0.5, 0.6) is 0 Å². The number of nitrogens with zero attached hydrogens (tertiary/aromatic N) is 1. The highest BCUT2D eigenvalue weighted by Gasteiger charge is 2.15. The first-order valence-corrected chi connectivity index (χ1v) is 4.89. The van der Waals surface area contributed by atoms with Crippen molar-refractivity contribution < 1.29 is 14.3 Å². The Kier molecular flexibility index (Phi) is 2.64. The van der Waals surface area contributed by atoms with Crippen molar-refractivity contribution in [3.05, 3.63) is 40.5 Å². The van der Waals surface area contributed by atoms with E-state index >= 15 is 0 Å². The molecule has 0 aliphatic carbocycles. The molecule has 0 amide bonds. The third-order valence-electron chi connectivity index (χ3n) is 2.00. The molecule has 76 valence electrons. The molecular weight excluding hydrogens is 265 g/mol. The van der Waals surface area contributed by atoms with Gasteiger partial charge in [-0.15, -0.1) is 0 Å². The molecular formula is C10H5BrFNO2. The molecule has 1 heterocycles. The van der Waals surface area contributed by atoms with Gasteiger partial charge in [0.2, 0.25) is 0 Å². The number of hydrogen-bond acceptors (Lipinski definition) is 3. The standard InChI is InChI=1S/C10H5BrFNO2/c11-9-6-3-1-2-4-8(6)13-5-7(9)10(14)15-12/h1-5H. The van der Waals surface area contributed by atoms with Gasteiger partial charge < -0.3 is 0 Å². The summed E-state index contributed by atoms with van der Waals surface area (Å²) in [5.41, 5.74) is 0.788. The second-order valence-electron chi connectivity index (χ2n) is 2.87. The van der Waals surface area contributed by atoms with E-state index in [-0.39, 0.29) is 5.56 Å². The number of carbonyl (C=O) groups is 1. The molecule has 0 saturated carbocycles. The maximum absolute atomic E-state index is 11.8. The molecule has 3 nitrogen and oxygen atoms in total. The summed E-state index contributed by atoms with van der Waals surface area (Å²) >= 11 is 3.22. The molecule has 2 rings (SSSR count). The summed E-state index contributed by atoms with van der Waals surface area (Å²) in [4.78, 5) is 18.2. The lowest BCUT2D eigenvalue weighted by Gasteiger charge is -2.03. The SMILES string of the molecule is O=C(OF)c1cnc2ccccc2c1Br. The molecule has 0 spiro atoms. The smallest absolute Gasteiger partial charge is 0.255 e. The zero-order valence-electron chi connectivity index (χ0n) is 7.41. The number of para-hydroxylation sites is 1. The lowest BCUT2D eigenvalue weighted by molar-refractivity contribution is -0.0789. The van der Waals surface area contributed by atoms with Crippen LogP contribution in [0.1, 0.15) is 10.4 Å². The highest BCUT2D eigenvalue weighted by molar-refractivity contribution is 9.10. The molecule has 0 saturated heterocycles. The fourth-order valence-corrected chi connectivity index (χ4v) is 1.89. The van der Waals surface area contributed by atoms with E-state index in [1.165, 1.54) is 6.20 Å². The zero-order chi connectivity index (χ0) is 10.8. The minimum absolute atomic E-state index is 0.0659. The van der Waals surface area contributed by atoms with Crippen molar-refractivity contribution in [1.29, 1.82) is 0 Å². The normalized spacial score (nSPS) is 10.3. The number of carbonyl (C=O) groups excluding carboxylic acids is 1. The maximum atomic E-state index is 11.8. The predicted octanol–water partition coefficient (Wildman–Crippen LogP) is 3.04. The van der Waals surface area contributed by atoms with Gasteiger partial charge in [-0.2, -0.15) is 0 Å². The van der Waals surface area contributed by atoms with Crippen molar-refractivity contribution in [3.8, 4) is 0 Å². The summed E-state index contributed by atoms with van der Waals surface area (Å²) in [6.07, 6.45) is 1.27. The van der Waals surface area contributed by atoms with Crippen molar-refractivity contribution in [2.45, 2.75) is 0 Å². The summed E-state index contributed by atoms with van der Waals surface area (Å²) < 4.78 is 12.2. The van der Waals surface area contributed by atoms with Crippen molar-refractivity contribution in [2.75, 3.05) is 0 Å². The van der Waals surface area contributed by atoms with Crippen LogP contribution in [0.25, 0.3) is 10.9 Å². The van der Waals surface area contributed by atoms with E-state index < -0.39 is 5.97 Å². The summed E-state index contributed by atoms with van der Waals surface area (Å²) in [6, 6.07) is 7.21. The largest absolute Gasteiger partial charge is 0.382 e. The number of pyridine rings is 1. The molecule has 2 aromatic rings. The van der Waals surface area contributed by atoms with Crippen LogP contribution in [0.4, 0.5) is 4.53 Å². The summed E-state index contributed by atoms with van der Waals surface area (Å²) in [7, 11) is 0. The van der Waals surface area contributed by atoms with E-state index in [1.807, 2.05) is 6.07 Å². The third kappa shape index (κ3) is 1.70. The third-order valence-corrected chi connectivity index (χ3v) is 2.85. The quantitative estimate of drug-likeness (QED) is 0.799. The van der Waals surface area contributed by atoms with Crippen molar-refractivity contribution in [2.24, 2.45) is 0 Å². The van der Waals surface area contributed by atoms with Gasteiger partial charge in [0.15, 0.2) is 0 Å². The molecule has 0 radical (unpaired) electrons. The van der Waals surface area contributed by atoms with Crippen LogP contribution in [0.3, 0.4) is 0 Å². The average molecular weight is 270 g/mol. The molecule has 0 aliphatic heterocycles.